The van der Waals surface area contributed by atoms with Crippen LogP contribution in [0.5, 0.6) is 0 Å². The molecule has 3 heterocycles. The summed E-state index contributed by atoms with van der Waals surface area (Å²) in [5.41, 5.74) is 1.89. The van der Waals surface area contributed by atoms with Gasteiger partial charge in [-0.15, -0.1) is 21.5 Å². The van der Waals surface area contributed by atoms with E-state index in [1.165, 1.54) is 23.1 Å². The Morgan fingerprint density at radius 1 is 1.26 bits per heavy atom. The minimum Gasteiger partial charge on any atom is -0.311 e. The largest absolute Gasteiger partial charge is 0.311 e. The van der Waals surface area contributed by atoms with Crippen LogP contribution >= 0.6 is 23.1 Å². The van der Waals surface area contributed by atoms with Crippen molar-refractivity contribution >= 4 is 28.8 Å². The lowest BCUT2D eigenvalue weighted by Gasteiger charge is -2.06. The molecule has 4 aromatic rings. The summed E-state index contributed by atoms with van der Waals surface area (Å²) in [4.78, 5) is 23.6. The molecule has 0 aliphatic carbocycles. The number of nitrogens with zero attached hydrogens (tertiary/aromatic N) is 5. The monoisotopic (exact) mass is 393 g/mol. The van der Waals surface area contributed by atoms with Crippen LogP contribution in [0.15, 0.2) is 51.7 Å². The Morgan fingerprint density at radius 2 is 2.19 bits per heavy atom. The van der Waals surface area contributed by atoms with Crippen molar-refractivity contribution in [3.63, 3.8) is 0 Å². The fraction of sp³-hybridized carbons (Fsp3) is 0.0588. The van der Waals surface area contributed by atoms with E-state index >= 15 is 0 Å². The average Bonchev–Trinajstić information content (AvgIpc) is 3.40. The molecule has 0 aliphatic rings. The van der Waals surface area contributed by atoms with E-state index in [1.54, 1.807) is 0 Å². The molecule has 1 aromatic carbocycles. The van der Waals surface area contributed by atoms with Crippen LogP contribution in [0, 0.1) is 6.57 Å². The lowest BCUT2D eigenvalue weighted by Crippen LogP contribution is -2.09. The van der Waals surface area contributed by atoms with E-state index in [-0.39, 0.29) is 5.69 Å². The molecule has 0 saturated carbocycles. The number of thioether (sulfide) groups is 1. The Kier molecular flexibility index (Phi) is 4.78. The van der Waals surface area contributed by atoms with Crippen LogP contribution in [0.1, 0.15) is 5.56 Å². The molecule has 3 aromatic heterocycles. The number of aromatic amines is 2. The number of hydrogen-bond acceptors (Lipinski definition) is 7. The summed E-state index contributed by atoms with van der Waals surface area (Å²) < 4.78 is 0. The van der Waals surface area contributed by atoms with Crippen LogP contribution in [0.3, 0.4) is 0 Å². The van der Waals surface area contributed by atoms with E-state index in [4.69, 9.17) is 6.57 Å². The summed E-state index contributed by atoms with van der Waals surface area (Å²) >= 11 is 2.84. The van der Waals surface area contributed by atoms with Gasteiger partial charge in [0.2, 0.25) is 5.82 Å². The Balaban J connectivity index is 1.60. The van der Waals surface area contributed by atoms with Gasteiger partial charge in [-0.25, -0.2) is 9.83 Å². The Hall–Kier alpha value is -3.29. The van der Waals surface area contributed by atoms with E-state index in [9.17, 15) is 4.79 Å². The number of tetrazole rings is 1. The summed E-state index contributed by atoms with van der Waals surface area (Å²) in [5.74, 6) is 1.12. The first kappa shape index (κ1) is 17.1. The second kappa shape index (κ2) is 7.53. The van der Waals surface area contributed by atoms with Crippen molar-refractivity contribution in [2.75, 3.05) is 0 Å². The van der Waals surface area contributed by atoms with Crippen molar-refractivity contribution < 1.29 is 0 Å². The highest BCUT2D eigenvalue weighted by Crippen LogP contribution is 2.31. The quantitative estimate of drug-likeness (QED) is 0.305. The van der Waals surface area contributed by atoms with Crippen molar-refractivity contribution in [2.24, 2.45) is 0 Å². The maximum atomic E-state index is 12.3. The summed E-state index contributed by atoms with van der Waals surface area (Å²) in [6.07, 6.45) is 0. The van der Waals surface area contributed by atoms with E-state index < -0.39 is 5.56 Å². The molecule has 2 N–H and O–H groups in total. The highest BCUT2D eigenvalue weighted by Gasteiger charge is 2.15. The van der Waals surface area contributed by atoms with Gasteiger partial charge in [0.1, 0.15) is 0 Å². The molecule has 0 amide bonds. The van der Waals surface area contributed by atoms with Crippen LogP contribution in [-0.4, -0.2) is 30.6 Å². The summed E-state index contributed by atoms with van der Waals surface area (Å²) in [5, 5.41) is 16.3. The molecular formula is C17H11N7OS2. The van der Waals surface area contributed by atoms with Crippen LogP contribution in [0.25, 0.3) is 26.8 Å². The van der Waals surface area contributed by atoms with Crippen LogP contribution < -0.4 is 5.56 Å². The number of thiophene rings is 1. The van der Waals surface area contributed by atoms with Gasteiger partial charge in [-0.2, -0.15) is 5.21 Å². The van der Waals surface area contributed by atoms with Crippen molar-refractivity contribution in [2.45, 2.75) is 10.9 Å². The first-order valence-electron chi connectivity index (χ1n) is 7.76. The van der Waals surface area contributed by atoms with Crippen LogP contribution in [0.4, 0.5) is 5.69 Å². The molecular weight excluding hydrogens is 382 g/mol. The highest BCUT2D eigenvalue weighted by molar-refractivity contribution is 7.98. The van der Waals surface area contributed by atoms with Crippen molar-refractivity contribution in [1.29, 1.82) is 0 Å². The number of hydrogen-bond donors (Lipinski definition) is 2. The molecule has 8 nitrogen and oxygen atoms in total. The van der Waals surface area contributed by atoms with Gasteiger partial charge in [-0.05, 0) is 28.3 Å². The van der Waals surface area contributed by atoms with Crippen LogP contribution in [-0.2, 0) is 5.75 Å². The van der Waals surface area contributed by atoms with Gasteiger partial charge in [-0.3, -0.25) is 4.79 Å². The zero-order chi connectivity index (χ0) is 18.6. The summed E-state index contributed by atoms with van der Waals surface area (Å²) in [7, 11) is 0. The molecule has 10 heteroatoms. The third kappa shape index (κ3) is 3.64. The number of rotatable bonds is 5. The second-order valence-corrected chi connectivity index (χ2v) is 7.29. The molecule has 0 atom stereocenters. The lowest BCUT2D eigenvalue weighted by atomic mass is 10.1. The Bertz CT molecular complexity index is 1160. The number of aromatic nitrogens is 6. The Morgan fingerprint density at radius 3 is 2.93 bits per heavy atom. The first-order valence-corrected chi connectivity index (χ1v) is 9.62. The molecule has 0 aliphatic heterocycles. The van der Waals surface area contributed by atoms with Gasteiger partial charge in [0.15, 0.2) is 5.16 Å². The van der Waals surface area contributed by atoms with Gasteiger partial charge in [0, 0.05) is 16.2 Å². The van der Waals surface area contributed by atoms with Crippen molar-refractivity contribution in [3.8, 4) is 22.0 Å². The van der Waals surface area contributed by atoms with Crippen molar-refractivity contribution in [3.05, 3.63) is 69.1 Å². The third-order valence-electron chi connectivity index (χ3n) is 3.65. The van der Waals surface area contributed by atoms with Gasteiger partial charge in [0.05, 0.1) is 12.3 Å². The fourth-order valence-electron chi connectivity index (χ4n) is 2.44. The molecule has 0 bridgehead atoms. The summed E-state index contributed by atoms with van der Waals surface area (Å²) in [6.45, 7) is 7.27. The molecule has 27 heavy (non-hydrogen) atoms. The maximum Gasteiger partial charge on any atom is 0.276 e. The third-order valence-corrected chi connectivity index (χ3v) is 5.47. The molecule has 4 rings (SSSR count). The number of H-pyrrole nitrogens is 2. The maximum absolute atomic E-state index is 12.3. The lowest BCUT2D eigenvalue weighted by molar-refractivity contribution is 0.881. The molecule has 0 fully saturated rings. The van der Waals surface area contributed by atoms with Crippen LogP contribution in [0.2, 0.25) is 0 Å². The predicted molar refractivity (Wildman–Crippen MR) is 104 cm³/mol. The molecule has 0 unspecified atom stereocenters. The molecule has 0 saturated heterocycles. The van der Waals surface area contributed by atoms with E-state index in [2.05, 4.69) is 35.4 Å². The predicted octanol–water partition coefficient (Wildman–Crippen LogP) is 3.52. The SMILES string of the molecule is [C-]#[N+]c1c(-c2cccs2)nc(SCc2cccc(-c3nn[nH]n3)c2)[nH]c1=O. The molecule has 0 radical (unpaired) electrons. The summed E-state index contributed by atoms with van der Waals surface area (Å²) in [6, 6.07) is 11.5. The van der Waals surface area contributed by atoms with Crippen molar-refractivity contribution in [1.82, 2.24) is 30.6 Å². The Labute approximate surface area is 161 Å². The smallest absolute Gasteiger partial charge is 0.276 e. The van der Waals surface area contributed by atoms with Gasteiger partial charge in [0.25, 0.3) is 11.2 Å². The first-order chi connectivity index (χ1) is 13.2. The minimum absolute atomic E-state index is 0.0147. The molecule has 132 valence electrons. The minimum atomic E-state index is -0.425. The average molecular weight is 393 g/mol. The normalized spacial score (nSPS) is 10.6. The topological polar surface area (TPSA) is 105 Å². The zero-order valence-electron chi connectivity index (χ0n) is 13.7. The fourth-order valence-corrected chi connectivity index (χ4v) is 3.96. The standard InChI is InChI=1S/C17H11N7OS2/c1-18-14-13(12-6-3-7-26-12)19-17(20-16(14)25)27-9-10-4-2-5-11(8-10)15-21-23-24-22-15/h2-8H,9H2,(H,19,20,25)(H,21,22,23,24). The van der Waals surface area contributed by atoms with E-state index in [1.807, 2.05) is 41.8 Å². The highest BCUT2D eigenvalue weighted by atomic mass is 32.2. The number of benzene rings is 1. The second-order valence-electron chi connectivity index (χ2n) is 5.38. The van der Waals surface area contributed by atoms with Gasteiger partial charge in [-0.1, -0.05) is 36.0 Å². The van der Waals surface area contributed by atoms with Gasteiger partial charge < -0.3 is 4.98 Å². The molecule has 0 spiro atoms. The van der Waals surface area contributed by atoms with Gasteiger partial charge >= 0.3 is 0 Å². The van der Waals surface area contributed by atoms with E-state index in [0.29, 0.717) is 22.4 Å². The zero-order valence-corrected chi connectivity index (χ0v) is 15.3. The van der Waals surface area contributed by atoms with E-state index in [0.717, 1.165) is 16.0 Å². The number of nitrogens with one attached hydrogen (secondary N) is 2.